The Morgan fingerprint density at radius 3 is 2.80 bits per heavy atom. The molecule has 2 fully saturated rings. The van der Waals surface area contributed by atoms with Gasteiger partial charge in [-0.25, -0.2) is 0 Å². The molecule has 0 spiro atoms. The molecule has 0 amide bonds. The Morgan fingerprint density at radius 2 is 2.07 bits per heavy atom. The van der Waals surface area contributed by atoms with Crippen LogP contribution in [0.2, 0.25) is 0 Å². The van der Waals surface area contributed by atoms with Crippen LogP contribution >= 0.6 is 0 Å². The number of fused-ring (bicyclic) bond motifs is 1. The SMILES string of the molecule is FC(F)(F)CCN1CCC2NCCC2C1. The van der Waals surface area contributed by atoms with E-state index >= 15 is 0 Å². The summed E-state index contributed by atoms with van der Waals surface area (Å²) >= 11 is 0. The molecule has 2 saturated heterocycles. The Hall–Kier alpha value is -0.290. The molecule has 2 nitrogen and oxygen atoms in total. The van der Waals surface area contributed by atoms with Gasteiger partial charge in [0.15, 0.2) is 0 Å². The van der Waals surface area contributed by atoms with Gasteiger partial charge in [-0.05, 0) is 31.8 Å². The molecule has 0 aromatic carbocycles. The lowest BCUT2D eigenvalue weighted by Crippen LogP contribution is -2.45. The zero-order valence-corrected chi connectivity index (χ0v) is 8.69. The number of nitrogens with zero attached hydrogens (tertiary/aromatic N) is 1. The normalized spacial score (nSPS) is 33.0. The molecule has 2 rings (SSSR count). The van der Waals surface area contributed by atoms with Crippen LogP contribution in [0.3, 0.4) is 0 Å². The average molecular weight is 222 g/mol. The predicted octanol–water partition coefficient (Wildman–Crippen LogP) is 1.62. The topological polar surface area (TPSA) is 15.3 Å². The summed E-state index contributed by atoms with van der Waals surface area (Å²) in [5, 5.41) is 3.40. The van der Waals surface area contributed by atoms with E-state index in [1.54, 1.807) is 0 Å². The molecule has 2 unspecified atom stereocenters. The summed E-state index contributed by atoms with van der Waals surface area (Å²) in [5.74, 6) is 0.576. The molecule has 0 aromatic rings. The van der Waals surface area contributed by atoms with Gasteiger partial charge in [0.25, 0.3) is 0 Å². The van der Waals surface area contributed by atoms with E-state index in [2.05, 4.69) is 5.32 Å². The highest BCUT2D eigenvalue weighted by Gasteiger charge is 2.34. The van der Waals surface area contributed by atoms with Crippen LogP contribution < -0.4 is 5.32 Å². The van der Waals surface area contributed by atoms with Crippen LogP contribution in [-0.4, -0.2) is 43.3 Å². The highest BCUT2D eigenvalue weighted by Crippen LogP contribution is 2.26. The van der Waals surface area contributed by atoms with Crippen LogP contribution in [0.5, 0.6) is 0 Å². The summed E-state index contributed by atoms with van der Waals surface area (Å²) in [7, 11) is 0. The summed E-state index contributed by atoms with van der Waals surface area (Å²) in [4.78, 5) is 1.96. The van der Waals surface area contributed by atoms with E-state index in [1.807, 2.05) is 4.90 Å². The van der Waals surface area contributed by atoms with Crippen molar-refractivity contribution in [3.8, 4) is 0 Å². The van der Waals surface area contributed by atoms with Crippen LogP contribution in [-0.2, 0) is 0 Å². The molecule has 2 aliphatic rings. The number of hydrogen-bond donors (Lipinski definition) is 1. The van der Waals surface area contributed by atoms with Gasteiger partial charge < -0.3 is 10.2 Å². The van der Waals surface area contributed by atoms with Crippen molar-refractivity contribution < 1.29 is 13.2 Å². The molecule has 0 aliphatic carbocycles. The van der Waals surface area contributed by atoms with Gasteiger partial charge in [-0.3, -0.25) is 0 Å². The van der Waals surface area contributed by atoms with Crippen LogP contribution in [0.25, 0.3) is 0 Å². The first-order valence-electron chi connectivity index (χ1n) is 5.57. The average Bonchev–Trinajstić information content (AvgIpc) is 2.60. The minimum absolute atomic E-state index is 0.173. The van der Waals surface area contributed by atoms with Crippen LogP contribution in [0.1, 0.15) is 19.3 Å². The largest absolute Gasteiger partial charge is 0.390 e. The van der Waals surface area contributed by atoms with Crippen molar-refractivity contribution in [3.63, 3.8) is 0 Å². The molecule has 2 aliphatic heterocycles. The van der Waals surface area contributed by atoms with Gasteiger partial charge in [0.05, 0.1) is 6.42 Å². The molecule has 5 heteroatoms. The maximum atomic E-state index is 12.0. The second-order valence-corrected chi connectivity index (χ2v) is 4.56. The molecular formula is C10H17F3N2. The standard InChI is InChI=1S/C10H17F3N2/c11-10(12,13)3-6-15-5-2-9-8(7-15)1-4-14-9/h8-9,14H,1-7H2. The minimum Gasteiger partial charge on any atom is -0.314 e. The van der Waals surface area contributed by atoms with E-state index in [-0.39, 0.29) is 6.54 Å². The Labute approximate surface area is 87.8 Å². The van der Waals surface area contributed by atoms with E-state index in [0.717, 1.165) is 32.5 Å². The van der Waals surface area contributed by atoms with Crippen molar-refractivity contribution in [3.05, 3.63) is 0 Å². The third kappa shape index (κ3) is 3.08. The van der Waals surface area contributed by atoms with Gasteiger partial charge in [0.2, 0.25) is 0 Å². The summed E-state index contributed by atoms with van der Waals surface area (Å²) in [5.41, 5.74) is 0. The number of likely N-dealkylation sites (tertiary alicyclic amines) is 1. The number of hydrogen-bond acceptors (Lipinski definition) is 2. The highest BCUT2D eigenvalue weighted by atomic mass is 19.4. The Balaban J connectivity index is 1.75. The lowest BCUT2D eigenvalue weighted by molar-refractivity contribution is -0.138. The second-order valence-electron chi connectivity index (χ2n) is 4.56. The predicted molar refractivity (Wildman–Crippen MR) is 51.6 cm³/mol. The molecule has 0 aromatic heterocycles. The Kier molecular flexibility index (Phi) is 3.21. The zero-order valence-electron chi connectivity index (χ0n) is 8.69. The van der Waals surface area contributed by atoms with E-state index in [9.17, 15) is 13.2 Å². The van der Waals surface area contributed by atoms with Crippen molar-refractivity contribution in [2.24, 2.45) is 5.92 Å². The Bertz CT molecular complexity index is 217. The fraction of sp³-hybridized carbons (Fsp3) is 1.00. The van der Waals surface area contributed by atoms with E-state index in [1.165, 1.54) is 0 Å². The Morgan fingerprint density at radius 1 is 1.27 bits per heavy atom. The molecule has 0 radical (unpaired) electrons. The zero-order chi connectivity index (χ0) is 10.9. The van der Waals surface area contributed by atoms with Gasteiger partial charge in [-0.15, -0.1) is 0 Å². The van der Waals surface area contributed by atoms with Crippen molar-refractivity contribution in [2.75, 3.05) is 26.2 Å². The molecule has 15 heavy (non-hydrogen) atoms. The molecule has 2 heterocycles. The first-order valence-corrected chi connectivity index (χ1v) is 5.57. The molecule has 1 N–H and O–H groups in total. The van der Waals surface area contributed by atoms with Crippen molar-refractivity contribution in [1.82, 2.24) is 10.2 Å². The third-order valence-corrected chi connectivity index (χ3v) is 3.45. The molecule has 2 atom stereocenters. The monoisotopic (exact) mass is 222 g/mol. The quantitative estimate of drug-likeness (QED) is 0.763. The highest BCUT2D eigenvalue weighted by molar-refractivity contribution is 4.90. The molecule has 0 saturated carbocycles. The second kappa shape index (κ2) is 4.29. The lowest BCUT2D eigenvalue weighted by atomic mass is 9.93. The fourth-order valence-electron chi connectivity index (χ4n) is 2.61. The van der Waals surface area contributed by atoms with Crippen molar-refractivity contribution in [2.45, 2.75) is 31.5 Å². The number of rotatable bonds is 2. The number of nitrogens with one attached hydrogen (secondary N) is 1. The van der Waals surface area contributed by atoms with Crippen molar-refractivity contribution >= 4 is 0 Å². The lowest BCUT2D eigenvalue weighted by Gasteiger charge is -2.34. The minimum atomic E-state index is -4.01. The van der Waals surface area contributed by atoms with Gasteiger partial charge in [-0.2, -0.15) is 13.2 Å². The number of halogens is 3. The van der Waals surface area contributed by atoms with Gasteiger partial charge in [-0.1, -0.05) is 0 Å². The number of alkyl halides is 3. The first kappa shape index (κ1) is 11.2. The van der Waals surface area contributed by atoms with E-state index < -0.39 is 12.6 Å². The molecule has 0 bridgehead atoms. The summed E-state index contributed by atoms with van der Waals surface area (Å²) in [6.07, 6.45) is -2.56. The van der Waals surface area contributed by atoms with Crippen LogP contribution in [0.4, 0.5) is 13.2 Å². The molecule has 88 valence electrons. The van der Waals surface area contributed by atoms with E-state index in [0.29, 0.717) is 12.0 Å². The van der Waals surface area contributed by atoms with E-state index in [4.69, 9.17) is 0 Å². The van der Waals surface area contributed by atoms with Gasteiger partial charge in [0, 0.05) is 19.1 Å². The maximum absolute atomic E-state index is 12.0. The van der Waals surface area contributed by atoms with Crippen molar-refractivity contribution in [1.29, 1.82) is 0 Å². The smallest absolute Gasteiger partial charge is 0.314 e. The third-order valence-electron chi connectivity index (χ3n) is 3.45. The van der Waals surface area contributed by atoms with Gasteiger partial charge in [0.1, 0.15) is 0 Å². The number of piperidine rings is 1. The van der Waals surface area contributed by atoms with Gasteiger partial charge >= 0.3 is 6.18 Å². The molecular weight excluding hydrogens is 205 g/mol. The van der Waals surface area contributed by atoms with Crippen LogP contribution in [0.15, 0.2) is 0 Å². The fourth-order valence-corrected chi connectivity index (χ4v) is 2.61. The summed E-state index contributed by atoms with van der Waals surface area (Å²) < 4.78 is 36.1. The van der Waals surface area contributed by atoms with Crippen LogP contribution in [0, 0.1) is 5.92 Å². The maximum Gasteiger partial charge on any atom is 0.390 e. The summed E-state index contributed by atoms with van der Waals surface area (Å²) in [6, 6.07) is 0.562. The first-order chi connectivity index (χ1) is 7.04. The summed E-state index contributed by atoms with van der Waals surface area (Å²) in [6.45, 7) is 2.85.